The van der Waals surface area contributed by atoms with Crippen molar-refractivity contribution in [3.05, 3.63) is 52.5 Å². The molecule has 0 radical (unpaired) electrons. The fourth-order valence-electron chi connectivity index (χ4n) is 2.25. The molecule has 0 saturated carbocycles. The van der Waals surface area contributed by atoms with Gasteiger partial charge in [-0.05, 0) is 46.3 Å². The third-order valence-electron chi connectivity index (χ3n) is 3.26. The van der Waals surface area contributed by atoms with E-state index in [2.05, 4.69) is 21.2 Å². The van der Waals surface area contributed by atoms with Crippen LogP contribution < -0.4 is 16.0 Å². The Morgan fingerprint density at radius 2 is 2.00 bits per heavy atom. The fraction of sp³-hybridized carbons (Fsp3) is 0.0667. The van der Waals surface area contributed by atoms with E-state index in [1.165, 1.54) is 4.90 Å². The van der Waals surface area contributed by atoms with E-state index in [1.807, 2.05) is 12.1 Å². The van der Waals surface area contributed by atoms with E-state index in [0.29, 0.717) is 22.6 Å². The summed E-state index contributed by atoms with van der Waals surface area (Å²) in [5.41, 5.74) is 8.06. The molecule has 0 saturated heterocycles. The molecule has 1 heterocycles. The zero-order valence-electron chi connectivity index (χ0n) is 11.0. The van der Waals surface area contributed by atoms with E-state index in [0.717, 1.165) is 4.47 Å². The molecule has 2 aromatic rings. The standard InChI is InChI=1S/C15H12BrN3O2/c16-10-6-5-9(7-11(10)17)15(21)19-8-14(20)18-12-3-1-2-4-13(12)19/h1-7H,8,17H2,(H,18,20). The van der Waals surface area contributed by atoms with Crippen LogP contribution in [0.4, 0.5) is 17.1 Å². The van der Waals surface area contributed by atoms with Crippen LogP contribution in [0.25, 0.3) is 0 Å². The molecule has 0 spiro atoms. The largest absolute Gasteiger partial charge is 0.398 e. The van der Waals surface area contributed by atoms with Crippen molar-refractivity contribution in [1.29, 1.82) is 0 Å². The highest BCUT2D eigenvalue weighted by molar-refractivity contribution is 9.10. The smallest absolute Gasteiger partial charge is 0.258 e. The van der Waals surface area contributed by atoms with Gasteiger partial charge in [-0.2, -0.15) is 0 Å². The first-order chi connectivity index (χ1) is 10.1. The number of nitrogens with zero attached hydrogens (tertiary/aromatic N) is 1. The number of benzene rings is 2. The number of para-hydroxylation sites is 2. The second-order valence-corrected chi connectivity index (χ2v) is 5.55. The molecule has 0 aliphatic carbocycles. The Balaban J connectivity index is 2.01. The van der Waals surface area contributed by atoms with Crippen molar-refractivity contribution in [3.8, 4) is 0 Å². The normalized spacial score (nSPS) is 13.6. The van der Waals surface area contributed by atoms with Crippen molar-refractivity contribution < 1.29 is 9.59 Å². The number of halogens is 1. The summed E-state index contributed by atoms with van der Waals surface area (Å²) >= 11 is 3.30. The lowest BCUT2D eigenvalue weighted by Crippen LogP contribution is -2.42. The summed E-state index contributed by atoms with van der Waals surface area (Å²) in [4.78, 5) is 25.9. The van der Waals surface area contributed by atoms with Crippen LogP contribution in [-0.4, -0.2) is 18.4 Å². The predicted molar refractivity (Wildman–Crippen MR) is 85.3 cm³/mol. The van der Waals surface area contributed by atoms with Gasteiger partial charge in [0.1, 0.15) is 6.54 Å². The molecule has 0 bridgehead atoms. The molecule has 6 heteroatoms. The van der Waals surface area contributed by atoms with Crippen LogP contribution in [0.15, 0.2) is 46.9 Å². The van der Waals surface area contributed by atoms with Crippen LogP contribution in [-0.2, 0) is 4.79 Å². The van der Waals surface area contributed by atoms with Crippen LogP contribution in [0, 0.1) is 0 Å². The van der Waals surface area contributed by atoms with Gasteiger partial charge >= 0.3 is 0 Å². The Morgan fingerprint density at radius 1 is 1.24 bits per heavy atom. The van der Waals surface area contributed by atoms with Gasteiger partial charge in [0.25, 0.3) is 5.91 Å². The van der Waals surface area contributed by atoms with Gasteiger partial charge in [-0.15, -0.1) is 0 Å². The van der Waals surface area contributed by atoms with Gasteiger partial charge in [0.15, 0.2) is 0 Å². The molecule has 0 aromatic heterocycles. The summed E-state index contributed by atoms with van der Waals surface area (Å²) in [6.07, 6.45) is 0. The molecule has 2 aromatic carbocycles. The number of amides is 2. The molecule has 3 rings (SSSR count). The predicted octanol–water partition coefficient (Wildman–Crippen LogP) is 2.63. The summed E-state index contributed by atoms with van der Waals surface area (Å²) in [5, 5.41) is 2.75. The van der Waals surface area contributed by atoms with Crippen molar-refractivity contribution in [2.24, 2.45) is 0 Å². The monoisotopic (exact) mass is 345 g/mol. The van der Waals surface area contributed by atoms with E-state index < -0.39 is 0 Å². The molecule has 1 aliphatic heterocycles. The van der Waals surface area contributed by atoms with E-state index in [-0.39, 0.29) is 18.4 Å². The van der Waals surface area contributed by atoms with Crippen LogP contribution in [0.2, 0.25) is 0 Å². The summed E-state index contributed by atoms with van der Waals surface area (Å²) < 4.78 is 0.732. The first-order valence-electron chi connectivity index (χ1n) is 6.32. The van der Waals surface area contributed by atoms with E-state index in [9.17, 15) is 9.59 Å². The van der Waals surface area contributed by atoms with Gasteiger partial charge in [0, 0.05) is 15.7 Å². The second-order valence-electron chi connectivity index (χ2n) is 4.69. The molecular weight excluding hydrogens is 334 g/mol. The highest BCUT2D eigenvalue weighted by Crippen LogP contribution is 2.30. The average molecular weight is 346 g/mol. The number of hydrogen-bond acceptors (Lipinski definition) is 3. The summed E-state index contributed by atoms with van der Waals surface area (Å²) in [5.74, 6) is -0.469. The summed E-state index contributed by atoms with van der Waals surface area (Å²) in [7, 11) is 0. The Kier molecular flexibility index (Phi) is 3.39. The number of carbonyl (C=O) groups excluding carboxylic acids is 2. The number of nitrogens with one attached hydrogen (secondary N) is 1. The van der Waals surface area contributed by atoms with Crippen LogP contribution in [0.5, 0.6) is 0 Å². The average Bonchev–Trinajstić information content (AvgIpc) is 2.48. The van der Waals surface area contributed by atoms with Crippen LogP contribution in [0.3, 0.4) is 0 Å². The van der Waals surface area contributed by atoms with E-state index in [4.69, 9.17) is 5.73 Å². The zero-order valence-corrected chi connectivity index (χ0v) is 12.6. The van der Waals surface area contributed by atoms with Gasteiger partial charge in [-0.25, -0.2) is 0 Å². The minimum Gasteiger partial charge on any atom is -0.398 e. The molecule has 0 atom stereocenters. The van der Waals surface area contributed by atoms with Gasteiger partial charge < -0.3 is 11.1 Å². The molecule has 5 nitrogen and oxygen atoms in total. The Bertz CT molecular complexity index is 745. The molecule has 21 heavy (non-hydrogen) atoms. The number of rotatable bonds is 1. The highest BCUT2D eigenvalue weighted by atomic mass is 79.9. The Morgan fingerprint density at radius 3 is 2.76 bits per heavy atom. The van der Waals surface area contributed by atoms with E-state index in [1.54, 1.807) is 30.3 Å². The molecule has 1 aliphatic rings. The number of fused-ring (bicyclic) bond motifs is 1. The third-order valence-corrected chi connectivity index (χ3v) is 3.98. The first kappa shape index (κ1) is 13.6. The maximum atomic E-state index is 12.6. The lowest BCUT2D eigenvalue weighted by Gasteiger charge is -2.29. The maximum Gasteiger partial charge on any atom is 0.258 e. The van der Waals surface area contributed by atoms with E-state index >= 15 is 0 Å². The van der Waals surface area contributed by atoms with Crippen molar-refractivity contribution in [1.82, 2.24) is 0 Å². The summed E-state index contributed by atoms with van der Waals surface area (Å²) in [6, 6.07) is 12.2. The van der Waals surface area contributed by atoms with Gasteiger partial charge in [0.2, 0.25) is 5.91 Å². The minimum absolute atomic E-state index is 0.00812. The lowest BCUT2D eigenvalue weighted by molar-refractivity contribution is -0.115. The SMILES string of the molecule is Nc1cc(C(=O)N2CC(=O)Nc3ccccc32)ccc1Br. The fourth-order valence-corrected chi connectivity index (χ4v) is 2.49. The minimum atomic E-state index is -0.253. The van der Waals surface area contributed by atoms with Crippen molar-refractivity contribution >= 4 is 44.8 Å². The maximum absolute atomic E-state index is 12.6. The Labute approximate surface area is 129 Å². The van der Waals surface area contributed by atoms with Crippen molar-refractivity contribution in [2.45, 2.75) is 0 Å². The van der Waals surface area contributed by atoms with Gasteiger partial charge in [-0.3, -0.25) is 14.5 Å². The molecule has 0 unspecified atom stereocenters. The third kappa shape index (κ3) is 2.50. The molecule has 0 fully saturated rings. The van der Waals surface area contributed by atoms with Gasteiger partial charge in [0.05, 0.1) is 11.4 Å². The number of nitrogen functional groups attached to an aromatic ring is 1. The topological polar surface area (TPSA) is 75.4 Å². The van der Waals surface area contributed by atoms with Crippen molar-refractivity contribution in [3.63, 3.8) is 0 Å². The number of carbonyl (C=O) groups is 2. The number of anilines is 3. The molecule has 106 valence electrons. The van der Waals surface area contributed by atoms with Crippen LogP contribution >= 0.6 is 15.9 Å². The van der Waals surface area contributed by atoms with Gasteiger partial charge in [-0.1, -0.05) is 12.1 Å². The second kappa shape index (κ2) is 5.21. The molecule has 3 N–H and O–H groups in total. The summed E-state index contributed by atoms with van der Waals surface area (Å²) in [6.45, 7) is -0.00812. The quantitative estimate of drug-likeness (QED) is 0.780. The molecular formula is C15H12BrN3O2. The lowest BCUT2D eigenvalue weighted by atomic mass is 10.1. The number of hydrogen-bond donors (Lipinski definition) is 2. The zero-order chi connectivity index (χ0) is 15.0. The van der Waals surface area contributed by atoms with Crippen LogP contribution in [0.1, 0.15) is 10.4 Å². The Hall–Kier alpha value is -2.34. The molecule has 2 amide bonds. The first-order valence-corrected chi connectivity index (χ1v) is 7.11. The van der Waals surface area contributed by atoms with Crippen molar-refractivity contribution in [2.75, 3.05) is 22.5 Å². The number of nitrogens with two attached hydrogens (primary N) is 1. The highest BCUT2D eigenvalue weighted by Gasteiger charge is 2.27.